The normalized spacial score (nSPS) is 12.1. The molecule has 0 bridgehead atoms. The van der Waals surface area contributed by atoms with Crippen LogP contribution in [-0.4, -0.2) is 42.1 Å². The number of hydrogen-bond acceptors (Lipinski definition) is 6. The van der Waals surface area contributed by atoms with E-state index in [0.717, 1.165) is 71.5 Å². The first-order valence-corrected chi connectivity index (χ1v) is 35.4. The average Bonchev–Trinajstić information content (AvgIpc) is 3.53. The second kappa shape index (κ2) is 28.6. The largest absolute Gasteiger partial charge is 0.454 e. The molecule has 0 aliphatic heterocycles. The summed E-state index contributed by atoms with van der Waals surface area (Å²) in [7, 11) is -8.38. The molecule has 0 saturated heterocycles. The van der Waals surface area contributed by atoms with Gasteiger partial charge in [-0.15, -0.1) is 15.5 Å². The maximum Gasteiger partial charge on any atom is 0.300 e. The molecule has 79 heavy (non-hydrogen) atoms. The molecule has 398 valence electrons. The van der Waals surface area contributed by atoms with E-state index in [4.69, 9.17) is 29.0 Å². The minimum atomic E-state index is -2.86. The van der Waals surface area contributed by atoms with Gasteiger partial charge in [-0.05, 0) is 63.9 Å². The molecule has 6 nitrogen and oxygen atoms in total. The Balaban J connectivity index is 1.12. The van der Waals surface area contributed by atoms with Crippen LogP contribution in [0.5, 0.6) is 0 Å². The Morgan fingerprint density at radius 3 is 0.557 bits per heavy atom. The van der Waals surface area contributed by atoms with Crippen molar-refractivity contribution >= 4 is 42.1 Å². The lowest BCUT2D eigenvalue weighted by atomic mass is 10.1. The lowest BCUT2D eigenvalue weighted by molar-refractivity contribution is 0.311. The molecule has 0 aliphatic rings. The fraction of sp³-hybridized carbons (Fsp3) is 0.186. The summed E-state index contributed by atoms with van der Waals surface area (Å²) in [5, 5.41) is 15.8. The fourth-order valence-electron chi connectivity index (χ4n) is 10.9. The van der Waals surface area contributed by atoms with Gasteiger partial charge < -0.3 is 13.6 Å². The van der Waals surface area contributed by atoms with E-state index in [1.54, 1.807) is 0 Å². The molecule has 0 aliphatic carbocycles. The smallest absolute Gasteiger partial charge is 0.300 e. The maximum atomic E-state index is 7.42. The maximum absolute atomic E-state index is 7.42. The quantitative estimate of drug-likeness (QED) is 0.0279. The second-order valence-corrected chi connectivity index (χ2v) is 32.3. The number of nitrogens with zero attached hydrogens (tertiary/aromatic N) is 3. The summed E-state index contributed by atoms with van der Waals surface area (Å²) in [6, 6.07) is 104. The first-order chi connectivity index (χ1) is 38.8. The fourth-order valence-corrected chi connectivity index (χ4v) is 22.4. The van der Waals surface area contributed by atoms with Crippen LogP contribution in [0.15, 0.2) is 288 Å². The monoisotopic (exact) mass is 1090 g/mol. The third-order valence-electron chi connectivity index (χ3n) is 14.4. The highest BCUT2D eigenvalue weighted by Gasteiger charge is 2.42. The third-order valence-corrected chi connectivity index (χ3v) is 25.3. The molecule has 9 heteroatoms. The molecule has 0 saturated carbocycles. The standard InChI is InChI=1S/C70H73N3O3Si3/c1-59(71-74-77(50-61-30-12-3-13-31-61,51-62-32-14-4-15-33-62)52-63-34-16-5-17-35-63)48-70(73-76-79(56-67-42-24-9-25-43-67,57-68-44-26-10-27-45-68)58-69-46-28-11-29-47-69)49-60(2)72-75-78(53-64-36-18-6-19-37-64,54-65-38-20-7-21-39-65)55-66-40-22-8-23-41-66/h3-47H,48-58H2,1-2H3. The van der Waals surface area contributed by atoms with Crippen molar-refractivity contribution in [2.24, 2.45) is 15.5 Å². The lowest BCUT2D eigenvalue weighted by Crippen LogP contribution is -2.46. The van der Waals surface area contributed by atoms with Gasteiger partial charge in [0, 0.05) is 67.2 Å². The van der Waals surface area contributed by atoms with Crippen molar-refractivity contribution in [3.63, 3.8) is 0 Å². The van der Waals surface area contributed by atoms with E-state index in [0.29, 0.717) is 12.8 Å². The third kappa shape index (κ3) is 17.8. The van der Waals surface area contributed by atoms with E-state index in [9.17, 15) is 0 Å². The van der Waals surface area contributed by atoms with E-state index < -0.39 is 25.0 Å². The first kappa shape index (κ1) is 55.8. The summed E-state index contributed by atoms with van der Waals surface area (Å²) in [6.45, 7) is 4.15. The van der Waals surface area contributed by atoms with E-state index in [1.165, 1.54) is 50.1 Å². The van der Waals surface area contributed by atoms with Gasteiger partial charge in [-0.1, -0.05) is 273 Å². The average molecular weight is 1090 g/mol. The Kier molecular flexibility index (Phi) is 20.2. The van der Waals surface area contributed by atoms with Crippen molar-refractivity contribution in [1.82, 2.24) is 0 Å². The van der Waals surface area contributed by atoms with Crippen molar-refractivity contribution in [3.8, 4) is 0 Å². The SMILES string of the molecule is CC(CC(CC(C)=NO[Si](Cc1ccccc1)(Cc1ccccc1)Cc1ccccc1)=NO[Si](Cc1ccccc1)(Cc1ccccc1)Cc1ccccc1)=NO[Si](Cc1ccccc1)(Cc1ccccc1)Cc1ccccc1. The van der Waals surface area contributed by atoms with Gasteiger partial charge in [-0.3, -0.25) is 0 Å². The van der Waals surface area contributed by atoms with Gasteiger partial charge >= 0.3 is 0 Å². The Hall–Kier alpha value is -7.96. The molecule has 9 rings (SSSR count). The molecule has 9 aromatic carbocycles. The zero-order valence-corrected chi connectivity index (χ0v) is 48.8. The Morgan fingerprint density at radius 2 is 0.392 bits per heavy atom. The Bertz CT molecular complexity index is 2830. The number of hydrogen-bond donors (Lipinski definition) is 0. The Labute approximate surface area is 472 Å². The minimum Gasteiger partial charge on any atom is -0.454 e. The molecule has 0 amide bonds. The van der Waals surface area contributed by atoms with Crippen LogP contribution in [0.3, 0.4) is 0 Å². The second-order valence-electron chi connectivity index (χ2n) is 21.4. The van der Waals surface area contributed by atoms with Gasteiger partial charge in [0.2, 0.25) is 0 Å². The highest BCUT2D eigenvalue weighted by atomic mass is 28.4. The molecule has 0 atom stereocenters. The molecular formula is C70H73N3O3Si3. The summed E-state index contributed by atoms with van der Waals surface area (Å²) in [5.74, 6) is 0. The molecule has 0 fully saturated rings. The molecule has 0 aromatic heterocycles. The highest BCUT2D eigenvalue weighted by Crippen LogP contribution is 2.29. The van der Waals surface area contributed by atoms with Crippen LogP contribution in [0.1, 0.15) is 76.8 Å². The summed E-state index contributed by atoms with van der Waals surface area (Å²) in [6.07, 6.45) is 0.846. The zero-order valence-electron chi connectivity index (χ0n) is 45.8. The van der Waals surface area contributed by atoms with E-state index >= 15 is 0 Å². The van der Waals surface area contributed by atoms with Crippen LogP contribution in [-0.2, 0) is 68.0 Å². The summed E-state index contributed by atoms with van der Waals surface area (Å²) in [5.41, 5.74) is 13.7. The lowest BCUT2D eigenvalue weighted by Gasteiger charge is -2.31. The van der Waals surface area contributed by atoms with Crippen LogP contribution >= 0.6 is 0 Å². The topological polar surface area (TPSA) is 64.8 Å². The number of rotatable bonds is 28. The Morgan fingerprint density at radius 1 is 0.241 bits per heavy atom. The number of benzene rings is 9. The van der Waals surface area contributed by atoms with Crippen LogP contribution in [0.2, 0.25) is 0 Å². The predicted molar refractivity (Wildman–Crippen MR) is 335 cm³/mol. The molecule has 0 heterocycles. The van der Waals surface area contributed by atoms with Crippen molar-refractivity contribution in [2.45, 2.75) is 81.1 Å². The van der Waals surface area contributed by atoms with Crippen LogP contribution in [0, 0.1) is 0 Å². The molecule has 0 N–H and O–H groups in total. The molecule has 9 aromatic rings. The van der Waals surface area contributed by atoms with Crippen LogP contribution in [0.4, 0.5) is 0 Å². The van der Waals surface area contributed by atoms with Gasteiger partial charge in [0.1, 0.15) is 0 Å². The van der Waals surface area contributed by atoms with Gasteiger partial charge in [-0.2, -0.15) is 0 Å². The molecule has 0 spiro atoms. The van der Waals surface area contributed by atoms with E-state index in [-0.39, 0.29) is 0 Å². The van der Waals surface area contributed by atoms with Crippen molar-refractivity contribution in [1.29, 1.82) is 0 Å². The van der Waals surface area contributed by atoms with Crippen molar-refractivity contribution < 1.29 is 13.6 Å². The molecule has 0 radical (unpaired) electrons. The van der Waals surface area contributed by atoms with Gasteiger partial charge in [0.15, 0.2) is 0 Å². The minimum absolute atomic E-state index is 0.423. The van der Waals surface area contributed by atoms with Gasteiger partial charge in [0.05, 0.1) is 17.1 Å². The van der Waals surface area contributed by atoms with Crippen LogP contribution < -0.4 is 0 Å². The van der Waals surface area contributed by atoms with Gasteiger partial charge in [-0.25, -0.2) is 0 Å². The molecule has 0 unspecified atom stereocenters. The van der Waals surface area contributed by atoms with Crippen molar-refractivity contribution in [2.75, 3.05) is 0 Å². The predicted octanol–water partition coefficient (Wildman–Crippen LogP) is 15.8. The van der Waals surface area contributed by atoms with E-state index in [1.807, 2.05) is 0 Å². The van der Waals surface area contributed by atoms with Gasteiger partial charge in [0.25, 0.3) is 25.0 Å². The first-order valence-electron chi connectivity index (χ1n) is 27.8. The highest BCUT2D eigenvalue weighted by molar-refractivity contribution is 6.73. The number of oxime groups is 3. The summed E-state index contributed by atoms with van der Waals surface area (Å²) in [4.78, 5) is 0. The zero-order chi connectivity index (χ0) is 54.3. The molecular weight excluding hydrogens is 1020 g/mol. The van der Waals surface area contributed by atoms with Crippen LogP contribution in [0.25, 0.3) is 0 Å². The summed E-state index contributed by atoms with van der Waals surface area (Å²) >= 11 is 0. The van der Waals surface area contributed by atoms with Crippen molar-refractivity contribution in [3.05, 3.63) is 323 Å². The van der Waals surface area contributed by atoms with E-state index in [2.05, 4.69) is 287 Å². The summed E-state index contributed by atoms with van der Waals surface area (Å²) < 4.78 is 21.9.